The van der Waals surface area contributed by atoms with Crippen molar-refractivity contribution in [3.05, 3.63) is 81.0 Å². The van der Waals surface area contributed by atoms with Crippen molar-refractivity contribution in [2.24, 2.45) is 10.9 Å². The van der Waals surface area contributed by atoms with E-state index in [4.69, 9.17) is 25.4 Å². The smallest absolute Gasteiger partial charge is 0.332 e. The van der Waals surface area contributed by atoms with Crippen molar-refractivity contribution in [3.8, 4) is 17.1 Å². The maximum Gasteiger partial charge on any atom is 0.332 e. The molecular formula is C27H32N6O5. The molecule has 2 aromatic heterocycles. The highest BCUT2D eigenvalue weighted by Crippen LogP contribution is 2.25. The van der Waals surface area contributed by atoms with Crippen molar-refractivity contribution >= 4 is 17.1 Å². The zero-order valence-electron chi connectivity index (χ0n) is 21.5. The second-order valence-corrected chi connectivity index (χ2v) is 8.71. The molecular weight excluding hydrogens is 488 g/mol. The van der Waals surface area contributed by atoms with Crippen LogP contribution in [0, 0.1) is 0 Å². The monoisotopic (exact) mass is 520 g/mol. The molecule has 2 aromatic carbocycles. The summed E-state index contributed by atoms with van der Waals surface area (Å²) in [6.45, 7) is 4.96. The Labute approximate surface area is 219 Å². The largest absolute Gasteiger partial charge is 0.439 e. The van der Waals surface area contributed by atoms with Gasteiger partial charge in [-0.25, -0.2) is 9.78 Å². The molecule has 2 heterocycles. The van der Waals surface area contributed by atoms with E-state index in [1.165, 1.54) is 4.57 Å². The van der Waals surface area contributed by atoms with Crippen LogP contribution in [-0.2, 0) is 31.2 Å². The summed E-state index contributed by atoms with van der Waals surface area (Å²) in [5.74, 6) is 0.868. The number of fused-ring (bicyclic) bond motifs is 1. The SMILES string of the molecule is CCCn1c(=O)c2c(nc(-c3ccc(OC(CN)=NO)cc3)n2COCc2ccccc2)n(CCC)c1=O. The summed E-state index contributed by atoms with van der Waals surface area (Å²) in [7, 11) is 0. The Balaban J connectivity index is 1.84. The maximum atomic E-state index is 13.6. The van der Waals surface area contributed by atoms with Gasteiger partial charge in [-0.1, -0.05) is 49.3 Å². The number of rotatable bonds is 11. The Morgan fingerprint density at radius 2 is 1.66 bits per heavy atom. The normalized spacial score (nSPS) is 11.8. The van der Waals surface area contributed by atoms with Gasteiger partial charge in [-0.2, -0.15) is 0 Å². The van der Waals surface area contributed by atoms with Crippen LogP contribution >= 0.6 is 0 Å². The molecule has 0 atom stereocenters. The first-order chi connectivity index (χ1) is 18.5. The number of nitrogens with zero attached hydrogens (tertiary/aromatic N) is 5. The number of hydrogen-bond acceptors (Lipinski definition) is 8. The molecule has 4 rings (SSSR count). The predicted molar refractivity (Wildman–Crippen MR) is 144 cm³/mol. The Kier molecular flexibility index (Phi) is 8.72. The van der Waals surface area contributed by atoms with Crippen LogP contribution in [0.25, 0.3) is 22.6 Å². The third-order valence-corrected chi connectivity index (χ3v) is 5.98. The van der Waals surface area contributed by atoms with Crippen molar-refractivity contribution < 1.29 is 14.7 Å². The molecule has 0 unspecified atom stereocenters. The number of imidazole rings is 1. The Hall–Kier alpha value is -4.22. The third kappa shape index (κ3) is 5.53. The van der Waals surface area contributed by atoms with E-state index in [0.717, 1.165) is 5.56 Å². The number of nitrogens with two attached hydrogens (primary N) is 1. The van der Waals surface area contributed by atoms with E-state index in [1.807, 2.05) is 44.2 Å². The zero-order valence-corrected chi connectivity index (χ0v) is 21.5. The summed E-state index contributed by atoms with van der Waals surface area (Å²) >= 11 is 0. The van der Waals surface area contributed by atoms with E-state index in [9.17, 15) is 9.59 Å². The minimum Gasteiger partial charge on any atom is -0.439 e. The predicted octanol–water partition coefficient (Wildman–Crippen LogP) is 3.15. The summed E-state index contributed by atoms with van der Waals surface area (Å²) in [5.41, 5.74) is 7.05. The minimum absolute atomic E-state index is 0.0284. The highest BCUT2D eigenvalue weighted by atomic mass is 16.5. The third-order valence-electron chi connectivity index (χ3n) is 5.98. The highest BCUT2D eigenvalue weighted by Gasteiger charge is 2.22. The number of aromatic nitrogens is 4. The lowest BCUT2D eigenvalue weighted by Gasteiger charge is -2.13. The van der Waals surface area contributed by atoms with Gasteiger partial charge in [-0.05, 0) is 42.7 Å². The summed E-state index contributed by atoms with van der Waals surface area (Å²) in [5, 5.41) is 12.0. The van der Waals surface area contributed by atoms with Crippen molar-refractivity contribution in [2.75, 3.05) is 6.54 Å². The average molecular weight is 521 g/mol. The first kappa shape index (κ1) is 26.8. The zero-order chi connectivity index (χ0) is 27.1. The molecule has 4 aromatic rings. The molecule has 0 saturated carbocycles. The molecule has 0 aliphatic heterocycles. The minimum atomic E-state index is -0.395. The van der Waals surface area contributed by atoms with Gasteiger partial charge in [-0.3, -0.25) is 18.5 Å². The second-order valence-electron chi connectivity index (χ2n) is 8.71. The summed E-state index contributed by atoms with van der Waals surface area (Å²) in [4.78, 5) is 31.6. The second kappa shape index (κ2) is 12.3. The first-order valence-corrected chi connectivity index (χ1v) is 12.6. The van der Waals surface area contributed by atoms with Gasteiger partial charge >= 0.3 is 5.69 Å². The molecule has 11 nitrogen and oxygen atoms in total. The van der Waals surface area contributed by atoms with Crippen LogP contribution in [0.4, 0.5) is 0 Å². The van der Waals surface area contributed by atoms with E-state index in [0.29, 0.717) is 60.8 Å². The van der Waals surface area contributed by atoms with Gasteiger partial charge in [0.2, 0.25) is 5.90 Å². The van der Waals surface area contributed by atoms with Crippen molar-refractivity contribution in [3.63, 3.8) is 0 Å². The van der Waals surface area contributed by atoms with Gasteiger partial charge in [-0.15, -0.1) is 0 Å². The van der Waals surface area contributed by atoms with E-state index in [2.05, 4.69) is 5.16 Å². The van der Waals surface area contributed by atoms with Gasteiger partial charge < -0.3 is 20.4 Å². The molecule has 0 spiro atoms. The van der Waals surface area contributed by atoms with Gasteiger partial charge in [0.15, 0.2) is 11.2 Å². The number of benzene rings is 2. The van der Waals surface area contributed by atoms with Crippen molar-refractivity contribution in [1.82, 2.24) is 18.7 Å². The summed E-state index contributed by atoms with van der Waals surface area (Å²) in [6, 6.07) is 16.6. The van der Waals surface area contributed by atoms with Gasteiger partial charge in [0.05, 0.1) is 13.2 Å². The Morgan fingerprint density at radius 3 is 2.29 bits per heavy atom. The van der Waals surface area contributed by atoms with Crippen LogP contribution in [0.2, 0.25) is 0 Å². The molecule has 3 N–H and O–H groups in total. The van der Waals surface area contributed by atoms with Crippen LogP contribution in [-0.4, -0.2) is 36.3 Å². The van der Waals surface area contributed by atoms with Crippen LogP contribution in [0.1, 0.15) is 32.3 Å². The number of hydrogen-bond donors (Lipinski definition) is 2. The quantitative estimate of drug-likeness (QED) is 0.134. The highest BCUT2D eigenvalue weighted by molar-refractivity contribution is 5.80. The van der Waals surface area contributed by atoms with E-state index < -0.39 is 5.56 Å². The molecule has 0 aliphatic carbocycles. The standard InChI is InChI=1S/C27H32N6O5/c1-3-14-31-25-23(26(34)32(15-4-2)27(31)35)33(18-37-17-19-8-6-5-7-9-19)24(29-25)20-10-12-21(13-11-20)38-22(16-28)30-36/h5-13,36H,3-4,14-18,28H2,1-2H3. The number of ether oxygens (including phenoxy) is 2. The molecule has 0 fully saturated rings. The number of oxime groups is 1. The molecule has 0 radical (unpaired) electrons. The van der Waals surface area contributed by atoms with Crippen LogP contribution < -0.4 is 21.7 Å². The fraction of sp³-hybridized carbons (Fsp3) is 0.333. The molecule has 0 aliphatic rings. The average Bonchev–Trinajstić information content (AvgIpc) is 3.32. The van der Waals surface area contributed by atoms with Crippen LogP contribution in [0.15, 0.2) is 69.3 Å². The lowest BCUT2D eigenvalue weighted by molar-refractivity contribution is 0.0673. The fourth-order valence-electron chi connectivity index (χ4n) is 4.22. The molecule has 0 bridgehead atoms. The van der Waals surface area contributed by atoms with E-state index in [-0.39, 0.29) is 24.9 Å². The van der Waals surface area contributed by atoms with Gasteiger partial charge in [0.1, 0.15) is 18.3 Å². The van der Waals surface area contributed by atoms with Crippen LogP contribution in [0.5, 0.6) is 5.75 Å². The topological polar surface area (TPSA) is 139 Å². The molecule has 0 amide bonds. The lowest BCUT2D eigenvalue weighted by atomic mass is 10.2. The Morgan fingerprint density at radius 1 is 0.974 bits per heavy atom. The van der Waals surface area contributed by atoms with Crippen molar-refractivity contribution in [2.45, 2.75) is 53.1 Å². The van der Waals surface area contributed by atoms with Crippen molar-refractivity contribution in [1.29, 1.82) is 0 Å². The molecule has 38 heavy (non-hydrogen) atoms. The number of aryl methyl sites for hydroxylation is 1. The lowest BCUT2D eigenvalue weighted by Crippen LogP contribution is -2.40. The Bertz CT molecular complexity index is 1520. The fourth-order valence-corrected chi connectivity index (χ4v) is 4.22. The molecule has 11 heteroatoms. The molecule has 200 valence electrons. The summed E-state index contributed by atoms with van der Waals surface area (Å²) in [6.07, 6.45) is 1.34. The van der Waals surface area contributed by atoms with Crippen LogP contribution in [0.3, 0.4) is 0 Å². The summed E-state index contributed by atoms with van der Waals surface area (Å²) < 4.78 is 16.0. The van der Waals surface area contributed by atoms with Gasteiger partial charge in [0, 0.05) is 18.7 Å². The van der Waals surface area contributed by atoms with Gasteiger partial charge in [0.25, 0.3) is 5.56 Å². The van der Waals surface area contributed by atoms with E-state index >= 15 is 0 Å². The van der Waals surface area contributed by atoms with E-state index in [1.54, 1.807) is 33.4 Å². The first-order valence-electron chi connectivity index (χ1n) is 12.6. The maximum absolute atomic E-state index is 13.6. The molecule has 0 saturated heterocycles.